The van der Waals surface area contributed by atoms with Crippen molar-refractivity contribution in [1.82, 2.24) is 10.2 Å². The van der Waals surface area contributed by atoms with Crippen LogP contribution < -0.4 is 5.32 Å². The van der Waals surface area contributed by atoms with Gasteiger partial charge >= 0.3 is 12.0 Å². The maximum Gasteiger partial charge on any atom is 0.317 e. The highest BCUT2D eigenvalue weighted by atomic mass is 16.4. The first-order valence-corrected chi connectivity index (χ1v) is 9.77. The molecule has 5 nitrogen and oxygen atoms in total. The molecule has 3 rings (SSSR count). The van der Waals surface area contributed by atoms with E-state index in [0.717, 1.165) is 45.2 Å². The molecule has 2 amide bonds. The summed E-state index contributed by atoms with van der Waals surface area (Å²) >= 11 is 0. The van der Waals surface area contributed by atoms with Gasteiger partial charge in [-0.1, -0.05) is 37.3 Å². The van der Waals surface area contributed by atoms with Crippen molar-refractivity contribution in [1.29, 1.82) is 0 Å². The molecule has 1 heterocycles. The van der Waals surface area contributed by atoms with Gasteiger partial charge in [0.1, 0.15) is 0 Å². The summed E-state index contributed by atoms with van der Waals surface area (Å²) in [6, 6.07) is 10.7. The summed E-state index contributed by atoms with van der Waals surface area (Å²) < 4.78 is 0. The lowest BCUT2D eigenvalue weighted by molar-refractivity contribution is -0.142. The molecule has 2 N–H and O–H groups in total. The number of aliphatic carboxylic acids is 1. The van der Waals surface area contributed by atoms with Gasteiger partial charge in [-0.05, 0) is 55.9 Å². The van der Waals surface area contributed by atoms with Crippen molar-refractivity contribution < 1.29 is 14.7 Å². The highest BCUT2D eigenvalue weighted by Crippen LogP contribution is 2.35. The van der Waals surface area contributed by atoms with E-state index in [4.69, 9.17) is 5.11 Å². The Morgan fingerprint density at radius 2 is 1.88 bits per heavy atom. The Balaban J connectivity index is 1.44. The number of hydrogen-bond donors (Lipinski definition) is 2. The van der Waals surface area contributed by atoms with Crippen LogP contribution in [0.3, 0.4) is 0 Å². The number of carbonyl (C=O) groups is 2. The van der Waals surface area contributed by atoms with Gasteiger partial charge in [0.2, 0.25) is 0 Å². The fourth-order valence-electron chi connectivity index (χ4n) is 4.24. The molecule has 2 fully saturated rings. The van der Waals surface area contributed by atoms with Gasteiger partial charge in [-0.25, -0.2) is 4.79 Å². The average Bonchev–Trinajstić information content (AvgIpc) is 3.04. The number of likely N-dealkylation sites (tertiary alicyclic amines) is 1. The SMILES string of the molecule is CC1(CCc2ccccc2)CCN(C(=O)NC2CCC(C(=O)O)CC2)C1. The van der Waals surface area contributed by atoms with Crippen LogP contribution in [-0.4, -0.2) is 41.1 Å². The second kappa shape index (κ2) is 8.11. The number of carboxylic acid groups (broad SMARTS) is 1. The first-order chi connectivity index (χ1) is 12.5. The van der Waals surface area contributed by atoms with E-state index in [2.05, 4.69) is 36.5 Å². The Kier molecular flexibility index (Phi) is 5.84. The summed E-state index contributed by atoms with van der Waals surface area (Å²) in [6.45, 7) is 3.89. The Morgan fingerprint density at radius 1 is 1.19 bits per heavy atom. The minimum absolute atomic E-state index is 0.0206. The third-order valence-corrected chi connectivity index (χ3v) is 6.11. The molecule has 1 aromatic carbocycles. The van der Waals surface area contributed by atoms with Crippen molar-refractivity contribution >= 4 is 12.0 Å². The van der Waals surface area contributed by atoms with Gasteiger partial charge in [0.05, 0.1) is 5.92 Å². The summed E-state index contributed by atoms with van der Waals surface area (Å²) in [7, 11) is 0. The van der Waals surface area contributed by atoms with Gasteiger partial charge in [-0.15, -0.1) is 0 Å². The molecule has 142 valence electrons. The standard InChI is InChI=1S/C21H30N2O3/c1-21(12-11-16-5-3-2-4-6-16)13-14-23(15-21)20(26)22-18-9-7-17(8-10-18)19(24)25/h2-6,17-18H,7-15H2,1H3,(H,22,26)(H,24,25). The molecule has 1 aromatic rings. The molecule has 26 heavy (non-hydrogen) atoms. The lowest BCUT2D eigenvalue weighted by Gasteiger charge is -2.29. The molecular weight excluding hydrogens is 328 g/mol. The van der Waals surface area contributed by atoms with Crippen LogP contribution in [0.4, 0.5) is 4.79 Å². The van der Waals surface area contributed by atoms with Crippen molar-refractivity contribution in [3.63, 3.8) is 0 Å². The van der Waals surface area contributed by atoms with Gasteiger partial charge in [0.15, 0.2) is 0 Å². The van der Waals surface area contributed by atoms with Crippen molar-refractivity contribution in [3.8, 4) is 0 Å². The van der Waals surface area contributed by atoms with E-state index in [1.807, 2.05) is 11.0 Å². The number of benzene rings is 1. The summed E-state index contributed by atoms with van der Waals surface area (Å²) in [5, 5.41) is 12.2. The van der Waals surface area contributed by atoms with Crippen molar-refractivity contribution in [2.24, 2.45) is 11.3 Å². The molecule has 0 bridgehead atoms. The van der Waals surface area contributed by atoms with Gasteiger partial charge in [-0.2, -0.15) is 0 Å². The zero-order chi connectivity index (χ0) is 18.6. The minimum atomic E-state index is -0.705. The smallest absolute Gasteiger partial charge is 0.317 e. The van der Waals surface area contributed by atoms with E-state index in [1.54, 1.807) is 0 Å². The third kappa shape index (κ3) is 4.77. The molecule has 1 saturated heterocycles. The molecule has 0 aromatic heterocycles. The molecular formula is C21H30N2O3. The molecule has 0 spiro atoms. The maximum atomic E-state index is 12.6. The van der Waals surface area contributed by atoms with E-state index in [-0.39, 0.29) is 23.4 Å². The first kappa shape index (κ1) is 18.7. The molecule has 1 aliphatic carbocycles. The third-order valence-electron chi connectivity index (χ3n) is 6.11. The van der Waals surface area contributed by atoms with Gasteiger partial charge in [0, 0.05) is 19.1 Å². The zero-order valence-corrected chi connectivity index (χ0v) is 15.6. The monoisotopic (exact) mass is 358 g/mol. The molecule has 1 unspecified atom stereocenters. The molecule has 0 radical (unpaired) electrons. The zero-order valence-electron chi connectivity index (χ0n) is 15.6. The second-order valence-electron chi connectivity index (χ2n) is 8.30. The van der Waals surface area contributed by atoms with Crippen LogP contribution in [0.5, 0.6) is 0 Å². The summed E-state index contributed by atoms with van der Waals surface area (Å²) in [4.78, 5) is 25.6. The number of amides is 2. The summed E-state index contributed by atoms with van der Waals surface area (Å²) in [5.41, 5.74) is 1.53. The van der Waals surface area contributed by atoms with Crippen molar-refractivity contribution in [2.75, 3.05) is 13.1 Å². The lowest BCUT2D eigenvalue weighted by Crippen LogP contribution is -2.46. The first-order valence-electron chi connectivity index (χ1n) is 9.77. The number of rotatable bonds is 5. The van der Waals surface area contributed by atoms with Crippen LogP contribution in [-0.2, 0) is 11.2 Å². The molecule has 1 saturated carbocycles. The fourth-order valence-corrected chi connectivity index (χ4v) is 4.24. The van der Waals surface area contributed by atoms with E-state index >= 15 is 0 Å². The van der Waals surface area contributed by atoms with E-state index in [0.29, 0.717) is 12.8 Å². The van der Waals surface area contributed by atoms with Crippen LogP contribution in [0, 0.1) is 11.3 Å². The molecule has 5 heteroatoms. The highest BCUT2D eigenvalue weighted by Gasteiger charge is 2.36. The number of nitrogens with one attached hydrogen (secondary N) is 1. The summed E-state index contributed by atoms with van der Waals surface area (Å²) in [6.07, 6.45) is 6.03. The molecule has 1 atom stereocenters. The Hall–Kier alpha value is -2.04. The van der Waals surface area contributed by atoms with Crippen LogP contribution in [0.15, 0.2) is 30.3 Å². The lowest BCUT2D eigenvalue weighted by atomic mass is 9.83. The fraction of sp³-hybridized carbons (Fsp3) is 0.619. The Labute approximate surface area is 155 Å². The quantitative estimate of drug-likeness (QED) is 0.843. The Morgan fingerprint density at radius 3 is 2.54 bits per heavy atom. The summed E-state index contributed by atoms with van der Waals surface area (Å²) in [5.74, 6) is -0.945. The maximum absolute atomic E-state index is 12.6. The number of nitrogens with zero attached hydrogens (tertiary/aromatic N) is 1. The minimum Gasteiger partial charge on any atom is -0.481 e. The van der Waals surface area contributed by atoms with Crippen molar-refractivity contribution in [3.05, 3.63) is 35.9 Å². The average molecular weight is 358 g/mol. The van der Waals surface area contributed by atoms with Crippen LogP contribution in [0.25, 0.3) is 0 Å². The normalized spacial score (nSPS) is 28.7. The predicted octanol–water partition coefficient (Wildman–Crippen LogP) is 3.68. The highest BCUT2D eigenvalue weighted by molar-refractivity contribution is 5.75. The van der Waals surface area contributed by atoms with E-state index in [1.165, 1.54) is 5.56 Å². The predicted molar refractivity (Wildman–Crippen MR) is 101 cm³/mol. The number of hydrogen-bond acceptors (Lipinski definition) is 2. The van der Waals surface area contributed by atoms with Gasteiger partial charge in [0.25, 0.3) is 0 Å². The molecule has 1 aliphatic heterocycles. The second-order valence-corrected chi connectivity index (χ2v) is 8.30. The van der Waals surface area contributed by atoms with E-state index < -0.39 is 5.97 Å². The number of urea groups is 1. The van der Waals surface area contributed by atoms with Crippen molar-refractivity contribution in [2.45, 2.75) is 57.9 Å². The largest absolute Gasteiger partial charge is 0.481 e. The van der Waals surface area contributed by atoms with Gasteiger partial charge < -0.3 is 15.3 Å². The van der Waals surface area contributed by atoms with Crippen LogP contribution >= 0.6 is 0 Å². The topological polar surface area (TPSA) is 69.6 Å². The number of carbonyl (C=O) groups excluding carboxylic acids is 1. The molecule has 2 aliphatic rings. The van der Waals surface area contributed by atoms with Crippen LogP contribution in [0.2, 0.25) is 0 Å². The van der Waals surface area contributed by atoms with Crippen LogP contribution in [0.1, 0.15) is 51.0 Å². The number of aryl methyl sites for hydroxylation is 1. The van der Waals surface area contributed by atoms with Gasteiger partial charge in [-0.3, -0.25) is 4.79 Å². The van der Waals surface area contributed by atoms with E-state index in [9.17, 15) is 9.59 Å². The number of carboxylic acids is 1. The Bertz CT molecular complexity index is 625.